The van der Waals surface area contributed by atoms with E-state index in [1.165, 1.54) is 128 Å². The highest BCUT2D eigenvalue weighted by Crippen LogP contribution is 2.47. The molecule has 0 saturated heterocycles. The lowest BCUT2D eigenvalue weighted by molar-refractivity contribution is -0.220. The summed E-state index contributed by atoms with van der Waals surface area (Å²) in [7, 11) is -5.07. The smallest absolute Gasteiger partial charge is 0.387 e. The minimum atomic E-state index is -5.07. The molecule has 0 aromatic heterocycles. The van der Waals surface area contributed by atoms with E-state index in [0.29, 0.717) is 6.42 Å². The van der Waals surface area contributed by atoms with Gasteiger partial charge in [0.1, 0.15) is 36.6 Å². The van der Waals surface area contributed by atoms with E-state index in [1.54, 1.807) is 0 Å². The van der Waals surface area contributed by atoms with Crippen molar-refractivity contribution in [2.75, 3.05) is 6.61 Å². The summed E-state index contributed by atoms with van der Waals surface area (Å²) in [6, 6.07) is -1.11. The minimum Gasteiger partial charge on any atom is -0.387 e. The van der Waals surface area contributed by atoms with E-state index in [9.17, 15) is 44.9 Å². The zero-order valence-corrected chi connectivity index (χ0v) is 35.4. The second kappa shape index (κ2) is 33.0. The number of allylic oxidation sites excluding steroid dienone is 1. The molecule has 0 aromatic carbocycles. The second-order valence-electron chi connectivity index (χ2n) is 15.9. The van der Waals surface area contributed by atoms with Crippen LogP contribution in [0.1, 0.15) is 194 Å². The molecule has 0 radical (unpaired) electrons. The van der Waals surface area contributed by atoms with Gasteiger partial charge in [-0.2, -0.15) is 0 Å². The highest BCUT2D eigenvalue weighted by molar-refractivity contribution is 7.47. The first-order valence-electron chi connectivity index (χ1n) is 22.1. The number of unbranched alkanes of at least 4 members (excludes halogenated alkanes) is 25. The Bertz CT molecular complexity index is 989. The average Bonchev–Trinajstić information content (AvgIpc) is 3.16. The Morgan fingerprint density at radius 1 is 0.600 bits per heavy atom. The molecule has 1 saturated carbocycles. The van der Waals surface area contributed by atoms with Crippen LogP contribution in [0.5, 0.6) is 0 Å². The van der Waals surface area contributed by atoms with Crippen LogP contribution < -0.4 is 5.32 Å². The number of aliphatic hydroxyl groups excluding tert-OH is 6. The lowest BCUT2D eigenvalue weighted by atomic mass is 9.85. The Hall–Kier alpha value is -0.920. The number of phosphoric acid groups is 1. The lowest BCUT2D eigenvalue weighted by Gasteiger charge is -2.41. The van der Waals surface area contributed by atoms with Gasteiger partial charge in [-0.1, -0.05) is 180 Å². The van der Waals surface area contributed by atoms with E-state index in [4.69, 9.17) is 9.05 Å². The average molecular weight is 808 g/mol. The topological polar surface area (TPSA) is 206 Å². The van der Waals surface area contributed by atoms with E-state index in [2.05, 4.69) is 19.2 Å². The molecule has 9 atom stereocenters. The van der Waals surface area contributed by atoms with E-state index in [0.717, 1.165) is 44.9 Å². The van der Waals surface area contributed by atoms with Crippen molar-refractivity contribution < 1.29 is 53.9 Å². The van der Waals surface area contributed by atoms with Gasteiger partial charge in [-0.3, -0.25) is 13.8 Å². The van der Waals surface area contributed by atoms with Gasteiger partial charge in [0.05, 0.1) is 18.8 Å². The molecule has 55 heavy (non-hydrogen) atoms. The van der Waals surface area contributed by atoms with E-state index >= 15 is 0 Å². The van der Waals surface area contributed by atoms with Crippen LogP contribution in [0.3, 0.4) is 0 Å². The Morgan fingerprint density at radius 3 is 1.38 bits per heavy atom. The molecule has 1 aliphatic carbocycles. The summed E-state index contributed by atoms with van der Waals surface area (Å²) in [6.07, 6.45) is 22.8. The number of rotatable bonds is 36. The fourth-order valence-corrected chi connectivity index (χ4v) is 8.10. The van der Waals surface area contributed by atoms with Gasteiger partial charge in [-0.05, 0) is 19.3 Å². The second-order valence-corrected chi connectivity index (χ2v) is 17.3. The molecule has 1 aliphatic rings. The van der Waals surface area contributed by atoms with Crippen molar-refractivity contribution >= 4 is 13.7 Å². The predicted molar refractivity (Wildman–Crippen MR) is 218 cm³/mol. The first-order chi connectivity index (χ1) is 26.4. The summed E-state index contributed by atoms with van der Waals surface area (Å²) < 4.78 is 22.9. The molecule has 326 valence electrons. The highest BCUT2D eigenvalue weighted by atomic mass is 31.2. The maximum atomic E-state index is 12.9. The SMILES string of the molecule is CCCCCCCCCCCCCC/C=C/[C@@H](O)[C@H](COP(=O)(O)OC1C(O)C(O)C(O)[C@@H](O)C1O)NC(=O)CCCCCCCCCCCCCCCC. The van der Waals surface area contributed by atoms with Crippen molar-refractivity contribution in [3.63, 3.8) is 0 Å². The van der Waals surface area contributed by atoms with Gasteiger partial charge in [0.15, 0.2) is 0 Å². The number of carbonyl (C=O) groups is 1. The van der Waals surface area contributed by atoms with Crippen LogP contribution in [0.15, 0.2) is 12.2 Å². The van der Waals surface area contributed by atoms with Crippen LogP contribution >= 0.6 is 7.82 Å². The molecule has 0 heterocycles. The number of carbonyl (C=O) groups excluding carboxylic acids is 1. The van der Waals surface area contributed by atoms with Crippen LogP contribution in [-0.4, -0.2) is 96.8 Å². The molecule has 13 heteroatoms. The van der Waals surface area contributed by atoms with Crippen LogP contribution in [0.4, 0.5) is 0 Å². The van der Waals surface area contributed by atoms with Gasteiger partial charge < -0.3 is 40.8 Å². The van der Waals surface area contributed by atoms with Gasteiger partial charge in [0, 0.05) is 6.42 Å². The monoisotopic (exact) mass is 808 g/mol. The first kappa shape index (κ1) is 52.1. The molecule has 12 nitrogen and oxygen atoms in total. The van der Waals surface area contributed by atoms with Crippen molar-refractivity contribution in [3.8, 4) is 0 Å². The fraction of sp³-hybridized carbons (Fsp3) is 0.929. The van der Waals surface area contributed by atoms with Crippen LogP contribution in [0, 0.1) is 0 Å². The van der Waals surface area contributed by atoms with E-state index in [-0.39, 0.29) is 12.3 Å². The molecule has 1 rings (SSSR count). The number of aliphatic hydroxyl groups is 6. The maximum Gasteiger partial charge on any atom is 0.472 e. The van der Waals surface area contributed by atoms with Crippen molar-refractivity contribution in [2.24, 2.45) is 0 Å². The van der Waals surface area contributed by atoms with Crippen LogP contribution in [0.25, 0.3) is 0 Å². The van der Waals surface area contributed by atoms with Crippen LogP contribution in [0.2, 0.25) is 0 Å². The maximum absolute atomic E-state index is 12.9. The van der Waals surface area contributed by atoms with Gasteiger partial charge in [0.25, 0.3) is 0 Å². The Morgan fingerprint density at radius 2 is 0.964 bits per heavy atom. The van der Waals surface area contributed by atoms with Gasteiger partial charge in [-0.25, -0.2) is 4.57 Å². The van der Waals surface area contributed by atoms with Crippen molar-refractivity contribution in [1.29, 1.82) is 0 Å². The summed E-state index contributed by atoms with van der Waals surface area (Å²) in [6.45, 7) is 3.83. The van der Waals surface area contributed by atoms with Gasteiger partial charge >= 0.3 is 7.82 Å². The molecule has 0 bridgehead atoms. The molecule has 0 aliphatic heterocycles. The molecule has 1 amide bonds. The number of amides is 1. The minimum absolute atomic E-state index is 0.218. The molecular weight excluding hydrogens is 725 g/mol. The largest absolute Gasteiger partial charge is 0.472 e. The molecule has 0 aromatic rings. The summed E-state index contributed by atoms with van der Waals surface area (Å²) >= 11 is 0. The number of phosphoric ester groups is 1. The number of hydrogen-bond acceptors (Lipinski definition) is 10. The Balaban J connectivity index is 2.53. The van der Waals surface area contributed by atoms with E-state index < -0.39 is 63.2 Å². The quantitative estimate of drug-likeness (QED) is 0.0175. The van der Waals surface area contributed by atoms with Crippen molar-refractivity contribution in [1.82, 2.24) is 5.32 Å². The lowest BCUT2D eigenvalue weighted by Crippen LogP contribution is -2.64. The normalized spacial score (nSPS) is 23.9. The van der Waals surface area contributed by atoms with E-state index in [1.807, 2.05) is 6.08 Å². The zero-order chi connectivity index (χ0) is 40.7. The number of hydrogen-bond donors (Lipinski definition) is 8. The highest BCUT2D eigenvalue weighted by Gasteiger charge is 2.51. The number of nitrogens with one attached hydrogen (secondary N) is 1. The molecule has 8 N–H and O–H groups in total. The van der Waals surface area contributed by atoms with Gasteiger partial charge in [-0.15, -0.1) is 0 Å². The third-order valence-electron chi connectivity index (χ3n) is 10.8. The summed E-state index contributed by atoms with van der Waals surface area (Å²) in [5.41, 5.74) is 0. The van der Waals surface area contributed by atoms with Crippen molar-refractivity contribution in [3.05, 3.63) is 12.2 Å². The Kier molecular flexibility index (Phi) is 31.2. The van der Waals surface area contributed by atoms with Crippen molar-refractivity contribution in [2.45, 2.75) is 242 Å². The van der Waals surface area contributed by atoms with Crippen LogP contribution in [-0.2, 0) is 18.4 Å². The zero-order valence-electron chi connectivity index (χ0n) is 34.5. The predicted octanol–water partition coefficient (Wildman–Crippen LogP) is 7.67. The fourth-order valence-electron chi connectivity index (χ4n) is 7.14. The summed E-state index contributed by atoms with van der Waals surface area (Å²) in [4.78, 5) is 23.3. The summed E-state index contributed by atoms with van der Waals surface area (Å²) in [5.74, 6) is -0.340. The standard InChI is InChI=1S/C42H82NO11P/c1-3-5-7-9-11-13-15-17-19-21-23-25-27-29-31-35(44)34(33-53-55(51,52)54-42-40(49)38(47)37(46)39(48)41(42)50)43-36(45)32-30-28-26-24-22-20-18-16-14-12-10-8-6-4-2/h29,31,34-35,37-42,44,46-50H,3-28,30,32-33H2,1-2H3,(H,43,45)(H,51,52)/b31-29+/t34-,35+,37?,38+,39?,40?,41?,42?/m0/s1. The first-order valence-corrected chi connectivity index (χ1v) is 23.6. The molecular formula is C42H82NO11P. The van der Waals surface area contributed by atoms with Gasteiger partial charge in [0.2, 0.25) is 5.91 Å². The molecule has 0 spiro atoms. The molecule has 6 unspecified atom stereocenters. The molecule has 1 fully saturated rings. The summed E-state index contributed by atoms with van der Waals surface area (Å²) in [5, 5.41) is 63.9. The third-order valence-corrected chi connectivity index (χ3v) is 11.8. The third kappa shape index (κ3) is 25.2. The Labute approximate surface area is 333 Å².